The summed E-state index contributed by atoms with van der Waals surface area (Å²) in [4.78, 5) is 0. The van der Waals surface area contributed by atoms with Crippen LogP contribution in [0.25, 0.3) is 0 Å². The third kappa shape index (κ3) is 1.03. The summed E-state index contributed by atoms with van der Waals surface area (Å²) in [5.41, 5.74) is 0. The molecular formula is C7H14O. The molecule has 1 heterocycles. The Bertz CT molecular complexity index is 70.8. The fourth-order valence-electron chi connectivity index (χ4n) is 1.23. The van der Waals surface area contributed by atoms with Crippen molar-refractivity contribution in [3.63, 3.8) is 0 Å². The fourth-order valence-corrected chi connectivity index (χ4v) is 1.23. The molecule has 1 aliphatic rings. The Kier molecular flexibility index (Phi) is 1.90. The number of ether oxygens (including phenoxy) is 1. The first-order valence-corrected chi connectivity index (χ1v) is 3.42. The minimum Gasteiger partial charge on any atom is -0.381 e. The largest absolute Gasteiger partial charge is 0.381 e. The highest BCUT2D eigenvalue weighted by molar-refractivity contribution is 4.69. The second kappa shape index (κ2) is 2.49. The van der Waals surface area contributed by atoms with E-state index in [4.69, 9.17) is 4.74 Å². The van der Waals surface area contributed by atoms with Gasteiger partial charge in [-0.1, -0.05) is 20.3 Å². The monoisotopic (exact) mass is 114 g/mol. The van der Waals surface area contributed by atoms with E-state index >= 15 is 0 Å². The van der Waals surface area contributed by atoms with Crippen molar-refractivity contribution < 1.29 is 4.74 Å². The zero-order chi connectivity index (χ0) is 5.98. The predicted molar refractivity (Wildman–Crippen MR) is 33.8 cm³/mol. The first-order valence-electron chi connectivity index (χ1n) is 3.42. The van der Waals surface area contributed by atoms with E-state index in [0.717, 1.165) is 25.0 Å². The van der Waals surface area contributed by atoms with Crippen molar-refractivity contribution in [1.82, 2.24) is 0 Å². The van der Waals surface area contributed by atoms with Gasteiger partial charge < -0.3 is 4.74 Å². The molecule has 0 aromatic rings. The fraction of sp³-hybridized carbons (Fsp3) is 1.00. The van der Waals surface area contributed by atoms with Crippen LogP contribution in [0.15, 0.2) is 0 Å². The Morgan fingerprint density at radius 2 is 2.25 bits per heavy atom. The average Bonchev–Trinajstić information content (AvgIpc) is 2.14. The van der Waals surface area contributed by atoms with Gasteiger partial charge in [-0.3, -0.25) is 0 Å². The Labute approximate surface area is 51.0 Å². The van der Waals surface area contributed by atoms with Crippen molar-refractivity contribution in [3.05, 3.63) is 0 Å². The van der Waals surface area contributed by atoms with Gasteiger partial charge in [0.15, 0.2) is 0 Å². The van der Waals surface area contributed by atoms with Gasteiger partial charge in [0.1, 0.15) is 0 Å². The maximum atomic E-state index is 5.26. The summed E-state index contributed by atoms with van der Waals surface area (Å²) in [6.07, 6.45) is 1.28. The molecule has 0 bridgehead atoms. The van der Waals surface area contributed by atoms with E-state index in [-0.39, 0.29) is 0 Å². The maximum Gasteiger partial charge on any atom is 0.0497 e. The molecule has 48 valence electrons. The van der Waals surface area contributed by atoms with E-state index in [9.17, 15) is 0 Å². The van der Waals surface area contributed by atoms with E-state index in [1.54, 1.807) is 0 Å². The van der Waals surface area contributed by atoms with Crippen LogP contribution in [0, 0.1) is 11.8 Å². The maximum absolute atomic E-state index is 5.26. The van der Waals surface area contributed by atoms with Gasteiger partial charge in [-0.25, -0.2) is 0 Å². The zero-order valence-corrected chi connectivity index (χ0v) is 5.68. The minimum absolute atomic E-state index is 0.806. The Balaban J connectivity index is 2.30. The van der Waals surface area contributed by atoms with Gasteiger partial charge in [-0.05, 0) is 11.8 Å². The molecule has 2 atom stereocenters. The van der Waals surface area contributed by atoms with Crippen molar-refractivity contribution in [1.29, 1.82) is 0 Å². The van der Waals surface area contributed by atoms with Crippen LogP contribution in [0.5, 0.6) is 0 Å². The van der Waals surface area contributed by atoms with E-state index in [1.165, 1.54) is 6.42 Å². The lowest BCUT2D eigenvalue weighted by molar-refractivity contribution is 0.181. The molecule has 1 heteroatoms. The summed E-state index contributed by atoms with van der Waals surface area (Å²) >= 11 is 0. The molecule has 0 aromatic carbocycles. The van der Waals surface area contributed by atoms with Crippen LogP contribution in [0.3, 0.4) is 0 Å². The highest BCUT2D eigenvalue weighted by Gasteiger charge is 2.21. The summed E-state index contributed by atoms with van der Waals surface area (Å²) < 4.78 is 5.26. The molecule has 0 N–H and O–H groups in total. The van der Waals surface area contributed by atoms with Gasteiger partial charge in [-0.2, -0.15) is 0 Å². The summed E-state index contributed by atoms with van der Waals surface area (Å²) in [7, 11) is 0. The van der Waals surface area contributed by atoms with E-state index in [0.29, 0.717) is 0 Å². The summed E-state index contributed by atoms with van der Waals surface area (Å²) in [6, 6.07) is 0. The summed E-state index contributed by atoms with van der Waals surface area (Å²) in [5, 5.41) is 0. The van der Waals surface area contributed by atoms with Crippen LogP contribution in [-0.2, 0) is 4.74 Å². The summed E-state index contributed by atoms with van der Waals surface area (Å²) in [6.45, 7) is 6.48. The van der Waals surface area contributed by atoms with E-state index < -0.39 is 0 Å². The average molecular weight is 114 g/mol. The first-order chi connectivity index (χ1) is 3.84. The molecule has 0 saturated carbocycles. The number of rotatable bonds is 1. The molecule has 1 nitrogen and oxygen atoms in total. The molecule has 0 radical (unpaired) electrons. The number of hydrogen-bond donors (Lipinski definition) is 0. The van der Waals surface area contributed by atoms with Gasteiger partial charge in [0.25, 0.3) is 0 Å². The SMILES string of the molecule is CCC1COCC1C. The molecule has 1 aliphatic heterocycles. The van der Waals surface area contributed by atoms with Gasteiger partial charge in [-0.15, -0.1) is 0 Å². The highest BCUT2D eigenvalue weighted by Crippen LogP contribution is 2.21. The standard InChI is InChI=1S/C7H14O/c1-3-7-5-8-4-6(7)2/h6-7H,3-5H2,1-2H3. The quantitative estimate of drug-likeness (QED) is 0.504. The van der Waals surface area contributed by atoms with Crippen molar-refractivity contribution >= 4 is 0 Å². The summed E-state index contributed by atoms with van der Waals surface area (Å²) in [5.74, 6) is 1.65. The van der Waals surface area contributed by atoms with Crippen LogP contribution in [0.2, 0.25) is 0 Å². The van der Waals surface area contributed by atoms with Crippen LogP contribution < -0.4 is 0 Å². The minimum atomic E-state index is 0.806. The lowest BCUT2D eigenvalue weighted by Gasteiger charge is -2.07. The van der Waals surface area contributed by atoms with Gasteiger partial charge in [0.05, 0.1) is 0 Å². The smallest absolute Gasteiger partial charge is 0.0497 e. The van der Waals surface area contributed by atoms with Crippen molar-refractivity contribution in [2.24, 2.45) is 11.8 Å². The molecule has 1 fully saturated rings. The molecule has 8 heavy (non-hydrogen) atoms. The third-order valence-corrected chi connectivity index (χ3v) is 2.04. The topological polar surface area (TPSA) is 9.23 Å². The van der Waals surface area contributed by atoms with Crippen molar-refractivity contribution in [2.75, 3.05) is 13.2 Å². The van der Waals surface area contributed by atoms with Gasteiger partial charge in [0.2, 0.25) is 0 Å². The van der Waals surface area contributed by atoms with E-state index in [2.05, 4.69) is 13.8 Å². The Morgan fingerprint density at radius 3 is 2.50 bits per heavy atom. The van der Waals surface area contributed by atoms with Crippen molar-refractivity contribution in [2.45, 2.75) is 20.3 Å². The Morgan fingerprint density at radius 1 is 1.50 bits per heavy atom. The van der Waals surface area contributed by atoms with Crippen LogP contribution in [0.1, 0.15) is 20.3 Å². The normalized spacial score (nSPS) is 38.2. The molecule has 2 unspecified atom stereocenters. The number of hydrogen-bond acceptors (Lipinski definition) is 1. The molecule has 0 aliphatic carbocycles. The van der Waals surface area contributed by atoms with Crippen LogP contribution in [0.4, 0.5) is 0 Å². The molecular weight excluding hydrogens is 100 g/mol. The first kappa shape index (κ1) is 6.09. The molecule has 0 spiro atoms. The van der Waals surface area contributed by atoms with Gasteiger partial charge in [0, 0.05) is 13.2 Å². The molecule has 0 amide bonds. The van der Waals surface area contributed by atoms with E-state index in [1.807, 2.05) is 0 Å². The molecule has 1 saturated heterocycles. The predicted octanol–water partition coefficient (Wildman–Crippen LogP) is 1.68. The lowest BCUT2D eigenvalue weighted by atomic mass is 9.96. The molecule has 1 rings (SSSR count). The van der Waals surface area contributed by atoms with Crippen LogP contribution in [-0.4, -0.2) is 13.2 Å². The Hall–Kier alpha value is -0.0400. The zero-order valence-electron chi connectivity index (χ0n) is 5.68. The van der Waals surface area contributed by atoms with Crippen LogP contribution >= 0.6 is 0 Å². The van der Waals surface area contributed by atoms with Gasteiger partial charge >= 0.3 is 0 Å². The third-order valence-electron chi connectivity index (χ3n) is 2.04. The van der Waals surface area contributed by atoms with Crippen molar-refractivity contribution in [3.8, 4) is 0 Å². The second-order valence-corrected chi connectivity index (χ2v) is 2.68. The highest BCUT2D eigenvalue weighted by atomic mass is 16.5. The lowest BCUT2D eigenvalue weighted by Crippen LogP contribution is -2.06. The second-order valence-electron chi connectivity index (χ2n) is 2.68. The molecule has 0 aromatic heterocycles.